The van der Waals surface area contributed by atoms with E-state index in [1.165, 1.54) is 27.6 Å². The predicted molar refractivity (Wildman–Crippen MR) is 128 cm³/mol. The Balaban J connectivity index is 2.86. The van der Waals surface area contributed by atoms with Gasteiger partial charge in [-0.25, -0.2) is 8.78 Å². The number of para-hydroxylation sites is 1. The molecule has 1 aromatic rings. The molecule has 190 valence electrons. The van der Waals surface area contributed by atoms with Crippen LogP contribution in [0.2, 0.25) is 0 Å². The number of carbonyl (C=O) groups excluding carboxylic acids is 1. The highest BCUT2D eigenvalue weighted by Crippen LogP contribution is 2.18. The van der Waals surface area contributed by atoms with Crippen molar-refractivity contribution in [2.24, 2.45) is 11.7 Å². The Morgan fingerprint density at radius 1 is 1.15 bits per heavy atom. The van der Waals surface area contributed by atoms with Gasteiger partial charge < -0.3 is 35.9 Å². The maximum Gasteiger partial charge on any atom is 0.255 e. The Morgan fingerprint density at radius 3 is 2.41 bits per heavy atom. The van der Waals surface area contributed by atoms with E-state index in [4.69, 9.17) is 19.9 Å². The van der Waals surface area contributed by atoms with Crippen LogP contribution < -0.4 is 27.0 Å². The summed E-state index contributed by atoms with van der Waals surface area (Å²) in [6, 6.07) is 6.66. The molecule has 0 radical (unpaired) electrons. The van der Waals surface area contributed by atoms with E-state index in [2.05, 4.69) is 27.8 Å². The summed E-state index contributed by atoms with van der Waals surface area (Å²) >= 11 is 0. The van der Waals surface area contributed by atoms with Crippen molar-refractivity contribution in [1.82, 2.24) is 16.0 Å². The van der Waals surface area contributed by atoms with Gasteiger partial charge in [-0.15, -0.1) is 0 Å². The monoisotopic (exact) mass is 483 g/mol. The number of alkyl halides is 2. The summed E-state index contributed by atoms with van der Waals surface area (Å²) in [5, 5.41) is 11.8. The molecule has 34 heavy (non-hydrogen) atoms. The van der Waals surface area contributed by atoms with Crippen LogP contribution >= 0.6 is 0 Å². The van der Waals surface area contributed by atoms with Crippen LogP contribution in [0.1, 0.15) is 17.3 Å². The SMILES string of the molecule is C=C(/C=C(OC)\C(=C\OC)OC)NCNC(Nc1ccccc1C(=O)NCC(F)F)[C@@H](C)CN. The van der Waals surface area contributed by atoms with Crippen molar-refractivity contribution in [3.63, 3.8) is 0 Å². The number of nitrogens with one attached hydrogen (secondary N) is 4. The zero-order valence-electron chi connectivity index (χ0n) is 20.0. The van der Waals surface area contributed by atoms with E-state index in [1.54, 1.807) is 30.3 Å². The van der Waals surface area contributed by atoms with Crippen LogP contribution in [-0.2, 0) is 14.2 Å². The fourth-order valence-electron chi connectivity index (χ4n) is 2.80. The van der Waals surface area contributed by atoms with Gasteiger partial charge in [-0.1, -0.05) is 25.6 Å². The first-order valence-corrected chi connectivity index (χ1v) is 10.6. The van der Waals surface area contributed by atoms with E-state index in [1.807, 2.05) is 6.92 Å². The number of halogens is 2. The number of allylic oxidation sites excluding steroid dienone is 1. The molecule has 0 bridgehead atoms. The molecule has 0 aliphatic heterocycles. The lowest BCUT2D eigenvalue weighted by molar-refractivity contribution is 0.0892. The van der Waals surface area contributed by atoms with Crippen molar-refractivity contribution in [1.29, 1.82) is 0 Å². The van der Waals surface area contributed by atoms with Crippen LogP contribution in [0, 0.1) is 5.92 Å². The molecule has 0 saturated heterocycles. The topological polar surface area (TPSA) is 119 Å². The number of nitrogens with two attached hydrogens (primary N) is 1. The van der Waals surface area contributed by atoms with Crippen molar-refractivity contribution >= 4 is 11.6 Å². The third-order valence-corrected chi connectivity index (χ3v) is 4.69. The number of rotatable bonds is 16. The van der Waals surface area contributed by atoms with Crippen molar-refractivity contribution < 1.29 is 27.8 Å². The first-order chi connectivity index (χ1) is 16.3. The lowest BCUT2D eigenvalue weighted by Gasteiger charge is -2.28. The van der Waals surface area contributed by atoms with E-state index in [-0.39, 0.29) is 17.6 Å². The number of ether oxygens (including phenoxy) is 3. The van der Waals surface area contributed by atoms with Crippen molar-refractivity contribution in [3.05, 3.63) is 66.0 Å². The van der Waals surface area contributed by atoms with E-state index in [0.717, 1.165) is 0 Å². The average molecular weight is 484 g/mol. The van der Waals surface area contributed by atoms with Gasteiger partial charge in [-0.05, 0) is 18.7 Å². The fourth-order valence-corrected chi connectivity index (χ4v) is 2.80. The molecule has 0 spiro atoms. The molecule has 0 saturated carbocycles. The second-order valence-electron chi connectivity index (χ2n) is 7.20. The van der Waals surface area contributed by atoms with Crippen LogP contribution in [0.25, 0.3) is 0 Å². The first-order valence-electron chi connectivity index (χ1n) is 10.6. The molecule has 6 N–H and O–H groups in total. The van der Waals surface area contributed by atoms with Crippen LogP contribution in [-0.4, -0.2) is 59.6 Å². The average Bonchev–Trinajstić information content (AvgIpc) is 2.83. The minimum Gasteiger partial charge on any atom is -0.500 e. The molecule has 0 aromatic heterocycles. The molecule has 9 nitrogen and oxygen atoms in total. The van der Waals surface area contributed by atoms with Gasteiger partial charge in [-0.3, -0.25) is 10.1 Å². The highest BCUT2D eigenvalue weighted by Gasteiger charge is 2.19. The molecule has 0 aliphatic carbocycles. The minimum atomic E-state index is -2.63. The van der Waals surface area contributed by atoms with Gasteiger partial charge in [0.05, 0.1) is 46.3 Å². The van der Waals surface area contributed by atoms with Gasteiger partial charge in [0.1, 0.15) is 6.26 Å². The molecular weight excluding hydrogens is 448 g/mol. The van der Waals surface area contributed by atoms with Crippen LogP contribution in [0.3, 0.4) is 0 Å². The first kappa shape index (κ1) is 28.7. The summed E-state index contributed by atoms with van der Waals surface area (Å²) in [5.41, 5.74) is 7.13. The molecule has 0 fully saturated rings. The minimum absolute atomic E-state index is 0.0398. The van der Waals surface area contributed by atoms with Crippen LogP contribution in [0.4, 0.5) is 14.5 Å². The highest BCUT2D eigenvalue weighted by atomic mass is 19.3. The summed E-state index contributed by atoms with van der Waals surface area (Å²) in [4.78, 5) is 12.4. The molecule has 11 heteroatoms. The second-order valence-corrected chi connectivity index (χ2v) is 7.20. The normalized spacial score (nSPS) is 13.6. The molecule has 0 aliphatic rings. The van der Waals surface area contributed by atoms with Gasteiger partial charge in [0.25, 0.3) is 12.3 Å². The van der Waals surface area contributed by atoms with Gasteiger partial charge in [-0.2, -0.15) is 0 Å². The zero-order chi connectivity index (χ0) is 25.5. The van der Waals surface area contributed by atoms with Gasteiger partial charge in [0.15, 0.2) is 11.5 Å². The highest BCUT2D eigenvalue weighted by molar-refractivity contribution is 5.99. The quantitative estimate of drug-likeness (QED) is 0.138. The van der Waals surface area contributed by atoms with Crippen molar-refractivity contribution in [2.45, 2.75) is 19.5 Å². The number of amides is 1. The lowest BCUT2D eigenvalue weighted by atomic mass is 10.1. The summed E-state index contributed by atoms with van der Waals surface area (Å²) in [6.45, 7) is 5.81. The Labute approximate surface area is 199 Å². The molecular formula is C23H35F2N5O4. The third-order valence-electron chi connectivity index (χ3n) is 4.69. The summed E-state index contributed by atoms with van der Waals surface area (Å²) < 4.78 is 40.5. The smallest absolute Gasteiger partial charge is 0.255 e. The van der Waals surface area contributed by atoms with E-state index in [9.17, 15) is 13.6 Å². The van der Waals surface area contributed by atoms with Gasteiger partial charge in [0, 0.05) is 23.4 Å². The maximum atomic E-state index is 12.5. The molecule has 1 aromatic carbocycles. The predicted octanol–water partition coefficient (Wildman–Crippen LogP) is 2.33. The molecule has 1 unspecified atom stereocenters. The molecule has 0 heterocycles. The van der Waals surface area contributed by atoms with E-state index >= 15 is 0 Å². The maximum absolute atomic E-state index is 12.5. The Bertz CT molecular complexity index is 848. The third kappa shape index (κ3) is 9.67. The summed E-state index contributed by atoms with van der Waals surface area (Å²) in [7, 11) is 4.48. The summed E-state index contributed by atoms with van der Waals surface area (Å²) in [5.74, 6) is 0.168. The Morgan fingerprint density at radius 2 is 1.82 bits per heavy atom. The number of carbonyl (C=O) groups is 1. The number of methoxy groups -OCH3 is 3. The van der Waals surface area contributed by atoms with Crippen LogP contribution in [0.15, 0.2) is 60.4 Å². The van der Waals surface area contributed by atoms with Crippen LogP contribution in [0.5, 0.6) is 0 Å². The Hall–Kier alpha value is -3.31. The number of hydrogen-bond acceptors (Lipinski definition) is 8. The van der Waals surface area contributed by atoms with Crippen molar-refractivity contribution in [3.8, 4) is 0 Å². The number of benzene rings is 1. The van der Waals surface area contributed by atoms with Gasteiger partial charge >= 0.3 is 0 Å². The number of hydrogen-bond donors (Lipinski definition) is 5. The lowest BCUT2D eigenvalue weighted by Crippen LogP contribution is -2.47. The van der Waals surface area contributed by atoms with Gasteiger partial charge in [0.2, 0.25) is 0 Å². The second kappa shape index (κ2) is 15.5. The fraction of sp³-hybridized carbons (Fsp3) is 0.435. The Kier molecular flexibility index (Phi) is 13.1. The molecule has 2 atom stereocenters. The molecule has 1 amide bonds. The molecule has 1 rings (SSSR count). The zero-order valence-corrected chi connectivity index (χ0v) is 20.0. The number of anilines is 1. The van der Waals surface area contributed by atoms with E-state index in [0.29, 0.717) is 36.1 Å². The standard InChI is InChI=1S/C23H35F2N5O4/c1-15(11-26)22(29-14-28-16(2)10-19(33-4)20(34-5)13-32-3)30-18-9-7-6-8-17(18)23(31)27-12-21(24)25/h6-10,13,15,21-22,28-30H,2,11-12,14,26H2,1,3-5H3,(H,27,31)/b19-10+,20-13-/t15-,22?/m0/s1. The largest absolute Gasteiger partial charge is 0.500 e. The van der Waals surface area contributed by atoms with Crippen molar-refractivity contribution in [2.75, 3.05) is 46.4 Å². The summed E-state index contributed by atoms with van der Waals surface area (Å²) in [6.07, 6.45) is 0.0715. The van der Waals surface area contributed by atoms with E-state index < -0.39 is 18.9 Å².